The Morgan fingerprint density at radius 3 is 1.24 bits per heavy atom. The van der Waals surface area contributed by atoms with Crippen molar-refractivity contribution < 1.29 is 4.42 Å². The van der Waals surface area contributed by atoms with Crippen molar-refractivity contribution in [2.45, 2.75) is 64.2 Å². The molecule has 21 heterocycles. The van der Waals surface area contributed by atoms with Crippen LogP contribution in [0.25, 0.3) is 165 Å². The summed E-state index contributed by atoms with van der Waals surface area (Å²) < 4.78 is 5.32. The van der Waals surface area contributed by atoms with Gasteiger partial charge in [0.25, 0.3) is 0 Å². The van der Waals surface area contributed by atoms with Gasteiger partial charge in [-0.1, -0.05) is 103 Å². The monoisotopic (exact) mass is 1930 g/mol. The van der Waals surface area contributed by atoms with E-state index in [0.717, 1.165) is 143 Å². The van der Waals surface area contributed by atoms with Crippen molar-refractivity contribution >= 4 is 76.9 Å². The number of pyridine rings is 18. The Morgan fingerprint density at radius 1 is 0.197 bits per heavy atom. The maximum atomic E-state index is 5.32. The molecule has 0 saturated carbocycles. The number of benzene rings is 4. The van der Waals surface area contributed by atoms with E-state index in [4.69, 9.17) is 14.4 Å². The molecule has 0 N–H and O–H groups in total. The van der Waals surface area contributed by atoms with Gasteiger partial charge in [-0.25, -0.2) is 4.98 Å². The molecule has 21 aromatic heterocycles. The van der Waals surface area contributed by atoms with Crippen LogP contribution in [0, 0.1) is 0 Å². The Hall–Kier alpha value is -18.4. The maximum Gasteiger partial charge on any atom is 0.117 e. The van der Waals surface area contributed by atoms with Crippen LogP contribution in [0.3, 0.4) is 0 Å². The molecule has 21 heteroatoms. The highest BCUT2D eigenvalue weighted by atomic mass is 32.1. The van der Waals surface area contributed by atoms with Gasteiger partial charge in [0.2, 0.25) is 0 Å². The van der Waals surface area contributed by atoms with E-state index in [9.17, 15) is 0 Å². The van der Waals surface area contributed by atoms with Gasteiger partial charge in [-0.3, -0.25) is 84.7 Å². The predicted octanol–water partition coefficient (Wildman–Crippen LogP) is 27.2. The van der Waals surface area contributed by atoms with E-state index in [-0.39, 0.29) is 0 Å². The van der Waals surface area contributed by atoms with Gasteiger partial charge in [0, 0.05) is 297 Å². The molecule has 0 aliphatic heterocycles. The first-order valence-electron chi connectivity index (χ1n) is 49.0. The van der Waals surface area contributed by atoms with Crippen molar-refractivity contribution in [3.8, 4) is 111 Å². The molecule has 19 nitrogen and oxygen atoms in total. The first-order valence-corrected chi connectivity index (χ1v) is 50.8. The van der Waals surface area contributed by atoms with Gasteiger partial charge in [0.15, 0.2) is 0 Å². The Bertz CT molecular complexity index is 8580. The fourth-order valence-corrected chi connectivity index (χ4v) is 23.2. The molecule has 25 aromatic rings. The molecule has 147 heavy (non-hydrogen) atoms. The Kier molecular flexibility index (Phi) is 23.6. The molecule has 0 unspecified atom stereocenters. The van der Waals surface area contributed by atoms with Crippen LogP contribution >= 0.6 is 22.7 Å². The second-order valence-electron chi connectivity index (χ2n) is 37.0. The zero-order chi connectivity index (χ0) is 97.5. The Labute approximate surface area is 854 Å². The van der Waals surface area contributed by atoms with Crippen molar-refractivity contribution in [1.29, 1.82) is 0 Å². The number of fused-ring (bicyclic) bond motifs is 36. The van der Waals surface area contributed by atoms with E-state index < -0.39 is 0 Å². The number of furan rings is 1. The molecule has 10 aliphatic rings. The standard InChI is InChI=1S/C18H11N3.3C15H10N2.3C11H8N2.C10H7NO.2C10H7NS/c1-3-11-5-6-12-9-14-13-4-2-7-19-15(13)10-16(14)21-18(12)17(11)20-8-1;1-2-13-14-7-10-3-5-16-9-12(10)6-11(14)8-15(13)17-4-1;1-2-13-14-7-12-9-16-5-3-10(12)6-11(14)8-15(13)17-4-1;1-2-6-13-10(4-1)8-12-11-5-3-7-16-14(11)9-15(12)17-13;1-3-12-6-10-8(1)5-9-2-4-13-7-11(9)10;1-3-8-7-9-4-2-6-13-11(9)10(8)12-5-1;1-2-9-6-8-3-5-12-7-10(8)11(9)13-4-1;1-2-7-8-3-5-12-10(8)6-9(7)11-4-1;1-2-8-9(11-4-1)6-7-3-5-12-10(7)8;1-2-7-8-3-5-12-10(8)6-9(7)11-4-1/h1-9H,10H2;2*1-7,9H,8H2;1-8H,9H2;1-4,6-7H,5H2;1-6H,7H2;1-5,7H,6H2;3*1-5H,6H2. The number of para-hydroxylation sites is 1. The van der Waals surface area contributed by atoms with Gasteiger partial charge in [-0.2, -0.15) is 0 Å². The summed E-state index contributed by atoms with van der Waals surface area (Å²) in [5.41, 5.74) is 49.1. The highest BCUT2D eigenvalue weighted by Gasteiger charge is 2.30. The van der Waals surface area contributed by atoms with Crippen molar-refractivity contribution in [3.63, 3.8) is 0 Å². The van der Waals surface area contributed by atoms with Gasteiger partial charge in [0.05, 0.1) is 91.1 Å². The summed E-state index contributed by atoms with van der Waals surface area (Å²) in [6.45, 7) is 0. The minimum atomic E-state index is 0.810. The molecule has 0 bridgehead atoms. The number of hydrogen-bond donors (Lipinski definition) is 0. The molecule has 698 valence electrons. The molecule has 0 radical (unpaired) electrons. The summed E-state index contributed by atoms with van der Waals surface area (Å²) in [4.78, 5) is 81.6. The fraction of sp³-hybridized carbons (Fsp3) is 0.0794. The molecule has 0 saturated heterocycles. The first-order chi connectivity index (χ1) is 72.8. The zero-order valence-electron chi connectivity index (χ0n) is 79.5. The van der Waals surface area contributed by atoms with Crippen LogP contribution in [-0.4, -0.2) is 89.7 Å². The Morgan fingerprint density at radius 2 is 0.612 bits per heavy atom. The number of nitrogens with zero attached hydrogens (tertiary/aromatic N) is 18. The maximum absolute atomic E-state index is 5.32. The molecule has 0 amide bonds. The second kappa shape index (κ2) is 39.1. The van der Waals surface area contributed by atoms with Crippen molar-refractivity contribution in [2.75, 3.05) is 0 Å². The lowest BCUT2D eigenvalue weighted by Gasteiger charge is -2.06. The van der Waals surface area contributed by atoms with E-state index in [1.807, 2.05) is 232 Å². The summed E-state index contributed by atoms with van der Waals surface area (Å²) >= 11 is 3.64. The topological polar surface area (TPSA) is 245 Å². The second-order valence-corrected chi connectivity index (χ2v) is 38.9. The van der Waals surface area contributed by atoms with Gasteiger partial charge in [-0.15, -0.1) is 22.7 Å². The molecular weight excluding hydrogens is 1850 g/mol. The minimum absolute atomic E-state index is 0.810. The smallest absolute Gasteiger partial charge is 0.117 e. The van der Waals surface area contributed by atoms with Gasteiger partial charge in [0.1, 0.15) is 5.76 Å². The lowest BCUT2D eigenvalue weighted by Crippen LogP contribution is -1.91. The summed E-state index contributed by atoms with van der Waals surface area (Å²) in [5, 5.41) is 12.7. The molecule has 0 atom stereocenters. The minimum Gasteiger partial charge on any atom is -0.468 e. The highest BCUT2D eigenvalue weighted by Crippen LogP contribution is 2.46. The van der Waals surface area contributed by atoms with Crippen LogP contribution < -0.4 is 0 Å². The summed E-state index contributed by atoms with van der Waals surface area (Å²) in [5.74, 6) is 1.05. The van der Waals surface area contributed by atoms with Crippen LogP contribution in [0.15, 0.2) is 406 Å². The molecule has 35 rings (SSSR count). The molecule has 0 fully saturated rings. The number of hydrogen-bond acceptors (Lipinski definition) is 21. The third-order valence-electron chi connectivity index (χ3n) is 28.3. The van der Waals surface area contributed by atoms with E-state index in [0.29, 0.717) is 0 Å². The van der Waals surface area contributed by atoms with Crippen LogP contribution in [0.1, 0.15) is 112 Å². The first kappa shape index (κ1) is 88.7. The van der Waals surface area contributed by atoms with E-state index in [2.05, 4.69) is 266 Å². The lowest BCUT2D eigenvalue weighted by molar-refractivity contribution is 0.524. The predicted molar refractivity (Wildman–Crippen MR) is 583 cm³/mol. The average molecular weight is 1930 g/mol. The quantitative estimate of drug-likeness (QED) is 0.128. The molecule has 4 aromatic carbocycles. The van der Waals surface area contributed by atoms with Gasteiger partial charge in [-0.05, 0) is 246 Å². The SMILES string of the molecule is c1cc2c(cn1)-c1cnccc1C2.c1cnc2c(c1)-c1cc3ccc4cccnc4c3nc1C2.c1cnc2c(c1)-c1cc3ccccc3nc1C2.c1cnc2c(c1)-c1cc3ccncc3cc1C2.c1cnc2c(c1)-c1cc3cnccc3cc1C2.c1cnc2c(c1)-c1ccoc1C2.c1cnc2c(c1)-c1ccsc1C2.c1cnc2c(c1)-c1sccc1C2.c1cnc2c(c1)Cc1cccnc1-2.c1cnc2c(c1)Cc1ccncc1-2. The average Bonchev–Trinajstić information content (AvgIpc) is 1.50. The molecule has 0 spiro atoms. The van der Waals surface area contributed by atoms with Gasteiger partial charge >= 0.3 is 0 Å². The number of aromatic nitrogens is 18. The highest BCUT2D eigenvalue weighted by molar-refractivity contribution is 7.14. The van der Waals surface area contributed by atoms with Crippen LogP contribution in [0.5, 0.6) is 0 Å². The number of thiophene rings is 2. The summed E-state index contributed by atoms with van der Waals surface area (Å²) in [6.07, 6.45) is 50.3. The normalized spacial score (nSPS) is 12.5. The Balaban J connectivity index is 0.0000000833. The van der Waals surface area contributed by atoms with Crippen LogP contribution in [-0.2, 0) is 64.2 Å². The summed E-state index contributed by atoms with van der Waals surface area (Å²) in [6, 6.07) is 87.9. The summed E-state index contributed by atoms with van der Waals surface area (Å²) in [7, 11) is 0. The van der Waals surface area contributed by atoms with Crippen molar-refractivity contribution in [1.82, 2.24) is 89.7 Å². The van der Waals surface area contributed by atoms with E-state index in [1.165, 1.54) is 199 Å². The van der Waals surface area contributed by atoms with Crippen molar-refractivity contribution in [3.05, 3.63) is 514 Å². The molecule has 10 aliphatic carbocycles. The zero-order valence-corrected chi connectivity index (χ0v) is 81.1. The number of rotatable bonds is 0. The fourth-order valence-electron chi connectivity index (χ4n) is 21.4. The van der Waals surface area contributed by atoms with E-state index >= 15 is 0 Å². The largest absolute Gasteiger partial charge is 0.468 e. The van der Waals surface area contributed by atoms with E-state index in [1.54, 1.807) is 6.26 Å². The van der Waals surface area contributed by atoms with Crippen LogP contribution in [0.2, 0.25) is 0 Å². The molecular formula is C126H86N18OS2. The third-order valence-corrected chi connectivity index (χ3v) is 30.3. The third kappa shape index (κ3) is 17.4. The van der Waals surface area contributed by atoms with Crippen LogP contribution in [0.4, 0.5) is 0 Å². The van der Waals surface area contributed by atoms with Gasteiger partial charge < -0.3 is 4.42 Å². The lowest BCUT2D eigenvalue weighted by atomic mass is 10.0. The van der Waals surface area contributed by atoms with Crippen molar-refractivity contribution in [2.24, 2.45) is 0 Å².